The number of carbonyl (C=O) groups excluding carboxylic acids is 4. The lowest BCUT2D eigenvalue weighted by atomic mass is 10.2. The van der Waals surface area contributed by atoms with E-state index < -0.39 is 5.97 Å². The van der Waals surface area contributed by atoms with Crippen molar-refractivity contribution in [1.82, 2.24) is 5.32 Å². The summed E-state index contributed by atoms with van der Waals surface area (Å²) in [5.74, 6) is -1.13. The Bertz CT molecular complexity index is 821. The SMILES string of the molecule is CC(=O)NCc1ccc(C(=O)COC(=O)CCC(=O)c2ccc(C)s2)s1. The molecule has 0 aliphatic heterocycles. The van der Waals surface area contributed by atoms with Gasteiger partial charge in [0.05, 0.1) is 22.7 Å². The molecule has 0 unspecified atom stereocenters. The monoisotopic (exact) mass is 393 g/mol. The number of hydrogen-bond donors (Lipinski definition) is 1. The molecule has 138 valence electrons. The van der Waals surface area contributed by atoms with E-state index in [9.17, 15) is 19.2 Å². The maximum atomic E-state index is 12.0. The molecule has 0 bridgehead atoms. The van der Waals surface area contributed by atoms with Crippen LogP contribution in [-0.2, 0) is 20.9 Å². The van der Waals surface area contributed by atoms with Crippen LogP contribution in [0.5, 0.6) is 0 Å². The molecule has 0 aromatic carbocycles. The van der Waals surface area contributed by atoms with Gasteiger partial charge in [-0.1, -0.05) is 0 Å². The maximum Gasteiger partial charge on any atom is 0.306 e. The highest BCUT2D eigenvalue weighted by molar-refractivity contribution is 7.14. The fourth-order valence-corrected chi connectivity index (χ4v) is 3.75. The zero-order valence-corrected chi connectivity index (χ0v) is 16.1. The van der Waals surface area contributed by atoms with E-state index in [1.807, 2.05) is 13.0 Å². The van der Waals surface area contributed by atoms with E-state index >= 15 is 0 Å². The summed E-state index contributed by atoms with van der Waals surface area (Å²) in [6.45, 7) is 3.33. The van der Waals surface area contributed by atoms with Crippen LogP contribution in [0.25, 0.3) is 0 Å². The second kappa shape index (κ2) is 9.40. The van der Waals surface area contributed by atoms with Crippen molar-refractivity contribution < 1.29 is 23.9 Å². The van der Waals surface area contributed by atoms with Crippen LogP contribution >= 0.6 is 22.7 Å². The van der Waals surface area contributed by atoms with Crippen LogP contribution in [0.4, 0.5) is 0 Å². The second-order valence-electron chi connectivity index (χ2n) is 5.59. The van der Waals surface area contributed by atoms with Gasteiger partial charge in [0.25, 0.3) is 0 Å². The highest BCUT2D eigenvalue weighted by atomic mass is 32.1. The molecule has 0 atom stereocenters. The van der Waals surface area contributed by atoms with Gasteiger partial charge in [-0.15, -0.1) is 22.7 Å². The lowest BCUT2D eigenvalue weighted by molar-refractivity contribution is -0.142. The number of ketones is 2. The molecule has 0 radical (unpaired) electrons. The quantitative estimate of drug-likeness (QED) is 0.522. The van der Waals surface area contributed by atoms with Gasteiger partial charge in [0, 0.05) is 23.1 Å². The molecule has 0 fully saturated rings. The van der Waals surface area contributed by atoms with E-state index in [-0.39, 0.29) is 36.9 Å². The largest absolute Gasteiger partial charge is 0.457 e. The second-order valence-corrected chi connectivity index (χ2v) is 8.05. The van der Waals surface area contributed by atoms with Crippen molar-refractivity contribution in [3.63, 3.8) is 0 Å². The van der Waals surface area contributed by atoms with Gasteiger partial charge >= 0.3 is 5.97 Å². The summed E-state index contributed by atoms with van der Waals surface area (Å²) in [7, 11) is 0. The first-order valence-corrected chi connectivity index (χ1v) is 9.60. The minimum Gasteiger partial charge on any atom is -0.457 e. The minimum atomic E-state index is -0.574. The summed E-state index contributed by atoms with van der Waals surface area (Å²) < 4.78 is 4.96. The molecule has 2 heterocycles. The van der Waals surface area contributed by atoms with Crippen molar-refractivity contribution in [2.75, 3.05) is 6.61 Å². The van der Waals surface area contributed by atoms with Gasteiger partial charge in [-0.05, 0) is 31.2 Å². The summed E-state index contributed by atoms with van der Waals surface area (Å²) in [6.07, 6.45) is 0.00806. The molecule has 2 aromatic heterocycles. The first-order valence-electron chi connectivity index (χ1n) is 7.96. The Morgan fingerprint density at radius 1 is 0.962 bits per heavy atom. The topological polar surface area (TPSA) is 89.5 Å². The fourth-order valence-electron chi connectivity index (χ4n) is 2.05. The van der Waals surface area contributed by atoms with Crippen LogP contribution in [0.1, 0.15) is 48.9 Å². The first kappa shape index (κ1) is 20.0. The number of Topliss-reactive ketones (excluding diaryl/α,β-unsaturated/α-hetero) is 2. The lowest BCUT2D eigenvalue weighted by Crippen LogP contribution is -2.18. The molecule has 0 aliphatic rings. The minimum absolute atomic E-state index is 0.0543. The standard InChI is InChI=1S/C18H19NO5S2/c1-11-3-6-16(25-11)14(21)5-8-18(23)24-10-15(22)17-7-4-13(26-17)9-19-12(2)20/h3-4,6-7H,5,8-10H2,1-2H3,(H,19,20). The van der Waals surface area contributed by atoms with Crippen molar-refractivity contribution in [3.8, 4) is 0 Å². The highest BCUT2D eigenvalue weighted by Gasteiger charge is 2.15. The van der Waals surface area contributed by atoms with E-state index in [2.05, 4.69) is 5.32 Å². The molecular weight excluding hydrogens is 374 g/mol. The molecule has 6 nitrogen and oxygen atoms in total. The van der Waals surface area contributed by atoms with Crippen molar-refractivity contribution >= 4 is 46.1 Å². The van der Waals surface area contributed by atoms with Crippen molar-refractivity contribution in [3.05, 3.63) is 43.8 Å². The van der Waals surface area contributed by atoms with Crippen LogP contribution in [-0.4, -0.2) is 30.0 Å². The molecule has 0 spiro atoms. The number of nitrogens with one attached hydrogen (secondary N) is 1. The average Bonchev–Trinajstić information content (AvgIpc) is 3.24. The molecule has 2 aromatic rings. The maximum absolute atomic E-state index is 12.0. The summed E-state index contributed by atoms with van der Waals surface area (Å²) in [6, 6.07) is 6.99. The van der Waals surface area contributed by atoms with Crippen molar-refractivity contribution in [2.45, 2.75) is 33.2 Å². The van der Waals surface area contributed by atoms with E-state index in [0.29, 0.717) is 16.3 Å². The van der Waals surface area contributed by atoms with Gasteiger partial charge in [-0.3, -0.25) is 19.2 Å². The molecule has 1 amide bonds. The average molecular weight is 393 g/mol. The molecule has 0 saturated carbocycles. The van der Waals surface area contributed by atoms with E-state index in [4.69, 9.17) is 4.74 Å². The van der Waals surface area contributed by atoms with Crippen LogP contribution in [0, 0.1) is 6.92 Å². The van der Waals surface area contributed by atoms with Gasteiger partial charge in [0.2, 0.25) is 11.7 Å². The Hall–Kier alpha value is -2.32. The summed E-state index contributed by atoms with van der Waals surface area (Å²) in [5, 5.41) is 2.65. The molecule has 2 rings (SSSR count). The Balaban J connectivity index is 1.73. The Kier molecular flexibility index (Phi) is 7.23. The van der Waals surface area contributed by atoms with Gasteiger partial charge in [0.15, 0.2) is 12.4 Å². The highest BCUT2D eigenvalue weighted by Crippen LogP contribution is 2.18. The number of ether oxygens (including phenoxy) is 1. The third-order valence-electron chi connectivity index (χ3n) is 3.38. The summed E-state index contributed by atoms with van der Waals surface area (Å²) >= 11 is 2.63. The van der Waals surface area contributed by atoms with E-state index in [0.717, 1.165) is 9.75 Å². The lowest BCUT2D eigenvalue weighted by Gasteiger charge is -2.03. The molecule has 0 aliphatic carbocycles. The molecule has 1 N–H and O–H groups in total. The fraction of sp³-hybridized carbons (Fsp3) is 0.333. The Labute approximate surface area is 159 Å². The van der Waals surface area contributed by atoms with Crippen LogP contribution < -0.4 is 5.32 Å². The molecule has 26 heavy (non-hydrogen) atoms. The summed E-state index contributed by atoms with van der Waals surface area (Å²) in [5.41, 5.74) is 0. The van der Waals surface area contributed by atoms with Gasteiger partial charge in [-0.2, -0.15) is 0 Å². The zero-order chi connectivity index (χ0) is 19.1. The number of hydrogen-bond acceptors (Lipinski definition) is 7. The van der Waals surface area contributed by atoms with Gasteiger partial charge in [-0.25, -0.2) is 0 Å². The number of amides is 1. The van der Waals surface area contributed by atoms with Crippen LogP contribution in [0.15, 0.2) is 24.3 Å². The third-order valence-corrected chi connectivity index (χ3v) is 5.55. The summed E-state index contributed by atoms with van der Waals surface area (Å²) in [4.78, 5) is 49.6. The number of esters is 1. The molecule has 8 heteroatoms. The van der Waals surface area contributed by atoms with E-state index in [1.54, 1.807) is 18.2 Å². The number of aryl methyl sites for hydroxylation is 1. The first-order chi connectivity index (χ1) is 12.3. The normalized spacial score (nSPS) is 10.4. The predicted molar refractivity (Wildman–Crippen MR) is 99.7 cm³/mol. The number of rotatable bonds is 9. The number of carbonyl (C=O) groups is 4. The number of thiophene rings is 2. The van der Waals surface area contributed by atoms with Crippen LogP contribution in [0.2, 0.25) is 0 Å². The van der Waals surface area contributed by atoms with Crippen molar-refractivity contribution in [2.24, 2.45) is 0 Å². The molecule has 0 saturated heterocycles. The van der Waals surface area contributed by atoms with Crippen molar-refractivity contribution in [1.29, 1.82) is 0 Å². The Morgan fingerprint density at radius 2 is 1.65 bits per heavy atom. The Morgan fingerprint density at radius 3 is 2.31 bits per heavy atom. The van der Waals surface area contributed by atoms with Gasteiger partial charge in [0.1, 0.15) is 0 Å². The molecular formula is C18H19NO5S2. The van der Waals surface area contributed by atoms with Crippen LogP contribution in [0.3, 0.4) is 0 Å². The van der Waals surface area contributed by atoms with E-state index in [1.165, 1.54) is 29.6 Å². The predicted octanol–water partition coefficient (Wildman–Crippen LogP) is 3.14. The smallest absolute Gasteiger partial charge is 0.306 e. The third kappa shape index (κ3) is 6.20. The van der Waals surface area contributed by atoms with Gasteiger partial charge < -0.3 is 10.1 Å². The zero-order valence-electron chi connectivity index (χ0n) is 14.5.